The van der Waals surface area contributed by atoms with Crippen LogP contribution in [0.3, 0.4) is 0 Å². The molecule has 2 nitrogen and oxygen atoms in total. The van der Waals surface area contributed by atoms with E-state index in [1.54, 1.807) is 18.2 Å². The van der Waals surface area contributed by atoms with Crippen LogP contribution in [0.4, 0.5) is 4.39 Å². The molecule has 0 spiro atoms. The SMILES string of the molecule is Fc1cc(Oc2ccc(Cl)cc2CNC2CC2)ccc1Br. The molecule has 0 unspecified atom stereocenters. The Bertz CT molecular complexity index is 661. The molecule has 0 aliphatic heterocycles. The maximum absolute atomic E-state index is 13.5. The lowest BCUT2D eigenvalue weighted by atomic mass is 10.2. The van der Waals surface area contributed by atoms with Crippen LogP contribution in [-0.4, -0.2) is 6.04 Å². The number of ether oxygens (including phenoxy) is 1. The van der Waals surface area contributed by atoms with Gasteiger partial charge < -0.3 is 10.1 Å². The van der Waals surface area contributed by atoms with E-state index in [-0.39, 0.29) is 5.82 Å². The average molecular weight is 371 g/mol. The van der Waals surface area contributed by atoms with Gasteiger partial charge in [0.05, 0.1) is 4.47 Å². The molecule has 2 aromatic carbocycles. The highest BCUT2D eigenvalue weighted by Crippen LogP contribution is 2.30. The van der Waals surface area contributed by atoms with Gasteiger partial charge in [0.15, 0.2) is 0 Å². The minimum atomic E-state index is -0.348. The van der Waals surface area contributed by atoms with Gasteiger partial charge in [-0.15, -0.1) is 0 Å². The zero-order valence-corrected chi connectivity index (χ0v) is 13.5. The van der Waals surface area contributed by atoms with Crippen molar-refractivity contribution in [1.29, 1.82) is 0 Å². The molecule has 3 rings (SSSR count). The van der Waals surface area contributed by atoms with Crippen molar-refractivity contribution in [2.75, 3.05) is 0 Å². The number of rotatable bonds is 5. The number of hydrogen-bond donors (Lipinski definition) is 1. The Morgan fingerprint density at radius 3 is 2.76 bits per heavy atom. The molecule has 21 heavy (non-hydrogen) atoms. The zero-order valence-electron chi connectivity index (χ0n) is 11.2. The van der Waals surface area contributed by atoms with E-state index in [1.165, 1.54) is 18.9 Å². The second kappa shape index (κ2) is 6.34. The summed E-state index contributed by atoms with van der Waals surface area (Å²) < 4.78 is 19.8. The Morgan fingerprint density at radius 1 is 1.24 bits per heavy atom. The third kappa shape index (κ3) is 3.96. The van der Waals surface area contributed by atoms with E-state index in [4.69, 9.17) is 16.3 Å². The average Bonchev–Trinajstić information content (AvgIpc) is 3.27. The second-order valence-electron chi connectivity index (χ2n) is 5.09. The van der Waals surface area contributed by atoms with Crippen molar-refractivity contribution in [3.05, 3.63) is 57.3 Å². The van der Waals surface area contributed by atoms with E-state index in [2.05, 4.69) is 21.2 Å². The summed E-state index contributed by atoms with van der Waals surface area (Å²) in [7, 11) is 0. The molecule has 1 fully saturated rings. The fraction of sp³-hybridized carbons (Fsp3) is 0.250. The summed E-state index contributed by atoms with van der Waals surface area (Å²) in [5, 5.41) is 4.09. The first kappa shape index (κ1) is 14.8. The summed E-state index contributed by atoms with van der Waals surface area (Å²) in [6, 6.07) is 10.8. The van der Waals surface area contributed by atoms with Crippen molar-refractivity contribution in [2.24, 2.45) is 0 Å². The van der Waals surface area contributed by atoms with Crippen LogP contribution in [0.2, 0.25) is 5.02 Å². The minimum Gasteiger partial charge on any atom is -0.457 e. The topological polar surface area (TPSA) is 21.3 Å². The van der Waals surface area contributed by atoms with E-state index in [9.17, 15) is 4.39 Å². The summed E-state index contributed by atoms with van der Waals surface area (Å²) in [5.41, 5.74) is 0.970. The van der Waals surface area contributed by atoms with Gasteiger partial charge >= 0.3 is 0 Å². The Labute approximate surface area is 136 Å². The van der Waals surface area contributed by atoms with E-state index in [1.807, 2.05) is 12.1 Å². The maximum atomic E-state index is 13.5. The summed E-state index contributed by atoms with van der Waals surface area (Å²) in [4.78, 5) is 0. The standard InChI is InChI=1S/C16H14BrClFNO/c17-14-5-4-13(8-15(14)19)21-16-6-1-11(18)7-10(16)9-20-12-2-3-12/h1,4-8,12,20H,2-3,9H2. The van der Waals surface area contributed by atoms with E-state index >= 15 is 0 Å². The van der Waals surface area contributed by atoms with Crippen LogP contribution in [0, 0.1) is 5.82 Å². The fourth-order valence-electron chi connectivity index (χ4n) is 1.99. The molecular weight excluding hydrogens is 357 g/mol. The van der Waals surface area contributed by atoms with Gasteiger partial charge in [0.2, 0.25) is 0 Å². The van der Waals surface area contributed by atoms with Gasteiger partial charge in [-0.05, 0) is 59.1 Å². The number of benzene rings is 2. The molecule has 5 heteroatoms. The molecule has 0 amide bonds. The van der Waals surface area contributed by atoms with Gasteiger partial charge in [-0.2, -0.15) is 0 Å². The lowest BCUT2D eigenvalue weighted by molar-refractivity contribution is 0.467. The predicted octanol–water partition coefficient (Wildman–Crippen LogP) is 5.29. The van der Waals surface area contributed by atoms with Crippen LogP contribution in [0.15, 0.2) is 40.9 Å². The van der Waals surface area contributed by atoms with Crippen molar-refractivity contribution in [1.82, 2.24) is 5.32 Å². The van der Waals surface area contributed by atoms with Crippen molar-refractivity contribution >= 4 is 27.5 Å². The third-order valence-electron chi connectivity index (χ3n) is 3.30. The van der Waals surface area contributed by atoms with Gasteiger partial charge in [-0.3, -0.25) is 0 Å². The lowest BCUT2D eigenvalue weighted by Gasteiger charge is -2.12. The molecule has 1 aliphatic rings. The summed E-state index contributed by atoms with van der Waals surface area (Å²) in [6.45, 7) is 0.694. The predicted molar refractivity (Wildman–Crippen MR) is 85.5 cm³/mol. The van der Waals surface area contributed by atoms with Crippen LogP contribution >= 0.6 is 27.5 Å². The first-order valence-electron chi connectivity index (χ1n) is 6.76. The number of hydrogen-bond acceptors (Lipinski definition) is 2. The Hall–Kier alpha value is -1.10. The van der Waals surface area contributed by atoms with Gasteiger partial charge in [0, 0.05) is 29.2 Å². The molecule has 2 aromatic rings. The van der Waals surface area contributed by atoms with Gasteiger partial charge in [0.25, 0.3) is 0 Å². The van der Waals surface area contributed by atoms with Gasteiger partial charge in [0.1, 0.15) is 17.3 Å². The number of halogens is 3. The van der Waals surface area contributed by atoms with Crippen LogP contribution in [0.1, 0.15) is 18.4 Å². The van der Waals surface area contributed by atoms with Crippen molar-refractivity contribution in [2.45, 2.75) is 25.4 Å². The van der Waals surface area contributed by atoms with Crippen LogP contribution in [0.25, 0.3) is 0 Å². The molecule has 0 bridgehead atoms. The summed E-state index contributed by atoms with van der Waals surface area (Å²) in [6.07, 6.45) is 2.43. The van der Waals surface area contributed by atoms with Gasteiger partial charge in [-0.25, -0.2) is 4.39 Å². The molecule has 110 valence electrons. The zero-order chi connectivity index (χ0) is 14.8. The van der Waals surface area contributed by atoms with Crippen molar-refractivity contribution in [3.63, 3.8) is 0 Å². The van der Waals surface area contributed by atoms with Crippen molar-refractivity contribution in [3.8, 4) is 11.5 Å². The fourth-order valence-corrected chi connectivity index (χ4v) is 2.44. The molecule has 0 heterocycles. The molecule has 0 saturated heterocycles. The van der Waals surface area contributed by atoms with E-state index in [0.29, 0.717) is 33.6 Å². The second-order valence-corrected chi connectivity index (χ2v) is 6.38. The quantitative estimate of drug-likeness (QED) is 0.772. The number of nitrogens with one attached hydrogen (secondary N) is 1. The van der Waals surface area contributed by atoms with Crippen LogP contribution in [0.5, 0.6) is 11.5 Å². The monoisotopic (exact) mass is 369 g/mol. The van der Waals surface area contributed by atoms with Crippen LogP contribution in [-0.2, 0) is 6.54 Å². The highest BCUT2D eigenvalue weighted by atomic mass is 79.9. The molecule has 0 radical (unpaired) electrons. The van der Waals surface area contributed by atoms with E-state index in [0.717, 1.165) is 5.56 Å². The van der Waals surface area contributed by atoms with Crippen LogP contribution < -0.4 is 10.1 Å². The lowest BCUT2D eigenvalue weighted by Crippen LogP contribution is -2.15. The van der Waals surface area contributed by atoms with Crippen molar-refractivity contribution < 1.29 is 9.13 Å². The largest absolute Gasteiger partial charge is 0.457 e. The highest BCUT2D eigenvalue weighted by Gasteiger charge is 2.20. The normalized spacial score (nSPS) is 14.2. The molecule has 0 atom stereocenters. The Kier molecular flexibility index (Phi) is 4.48. The molecule has 1 aliphatic carbocycles. The first-order valence-corrected chi connectivity index (χ1v) is 7.93. The van der Waals surface area contributed by atoms with Gasteiger partial charge in [-0.1, -0.05) is 11.6 Å². The Balaban J connectivity index is 1.80. The highest BCUT2D eigenvalue weighted by molar-refractivity contribution is 9.10. The summed E-state index contributed by atoms with van der Waals surface area (Å²) in [5.74, 6) is 0.805. The smallest absolute Gasteiger partial charge is 0.141 e. The molecular formula is C16H14BrClFNO. The Morgan fingerprint density at radius 2 is 2.05 bits per heavy atom. The summed E-state index contributed by atoms with van der Waals surface area (Å²) >= 11 is 9.18. The molecule has 1 N–H and O–H groups in total. The maximum Gasteiger partial charge on any atom is 0.141 e. The molecule has 0 aromatic heterocycles. The van der Waals surface area contributed by atoms with E-state index < -0.39 is 0 Å². The third-order valence-corrected chi connectivity index (χ3v) is 4.18. The molecule has 1 saturated carbocycles. The first-order chi connectivity index (χ1) is 10.1. The minimum absolute atomic E-state index is 0.348.